The summed E-state index contributed by atoms with van der Waals surface area (Å²) in [6.07, 6.45) is 4.60. The third-order valence-electron chi connectivity index (χ3n) is 3.42. The van der Waals surface area contributed by atoms with E-state index in [0.29, 0.717) is 18.0 Å². The van der Waals surface area contributed by atoms with Crippen LogP contribution in [0.1, 0.15) is 32.7 Å². The molecule has 0 radical (unpaired) electrons. The number of hydrogen-bond donors (Lipinski definition) is 1. The van der Waals surface area contributed by atoms with Crippen molar-refractivity contribution in [2.45, 2.75) is 38.8 Å². The largest absolute Gasteiger partial charge is 0.382 e. The molecule has 2 rings (SSSR count). The Labute approximate surface area is 109 Å². The molecular formula is C13H24N4O. The van der Waals surface area contributed by atoms with Crippen LogP contribution < -0.4 is 5.73 Å². The molecule has 0 atom stereocenters. The van der Waals surface area contributed by atoms with Gasteiger partial charge in [-0.25, -0.2) is 0 Å². The van der Waals surface area contributed by atoms with E-state index in [1.165, 1.54) is 0 Å². The van der Waals surface area contributed by atoms with Gasteiger partial charge in [0.1, 0.15) is 5.82 Å². The second kappa shape index (κ2) is 6.20. The van der Waals surface area contributed by atoms with Gasteiger partial charge >= 0.3 is 0 Å². The van der Waals surface area contributed by atoms with Gasteiger partial charge in [-0.3, -0.25) is 4.68 Å². The minimum absolute atomic E-state index is 0.328. The molecule has 18 heavy (non-hydrogen) atoms. The zero-order chi connectivity index (χ0) is 13.0. The molecule has 1 aliphatic rings. The maximum absolute atomic E-state index is 5.65. The highest BCUT2D eigenvalue weighted by Gasteiger charge is 2.20. The number of piperidine rings is 1. The van der Waals surface area contributed by atoms with Crippen LogP contribution in [0.2, 0.25) is 0 Å². The van der Waals surface area contributed by atoms with Crippen molar-refractivity contribution in [1.82, 2.24) is 14.7 Å². The molecule has 1 saturated heterocycles. The average molecular weight is 252 g/mol. The predicted molar refractivity (Wildman–Crippen MR) is 72.4 cm³/mol. The van der Waals surface area contributed by atoms with E-state index >= 15 is 0 Å². The maximum Gasteiger partial charge on any atom is 0.145 e. The topological polar surface area (TPSA) is 56.3 Å². The molecular weight excluding hydrogens is 228 g/mol. The van der Waals surface area contributed by atoms with Gasteiger partial charge in [-0.05, 0) is 32.8 Å². The number of aromatic nitrogens is 2. The molecule has 5 heteroatoms. The van der Waals surface area contributed by atoms with Gasteiger partial charge in [-0.15, -0.1) is 0 Å². The van der Waals surface area contributed by atoms with Crippen molar-refractivity contribution in [2.75, 3.05) is 32.0 Å². The summed E-state index contributed by atoms with van der Waals surface area (Å²) >= 11 is 0. The van der Waals surface area contributed by atoms with E-state index in [1.54, 1.807) is 0 Å². The predicted octanol–water partition coefficient (Wildman–Crippen LogP) is 1.53. The van der Waals surface area contributed by atoms with Crippen molar-refractivity contribution >= 4 is 5.82 Å². The fourth-order valence-electron chi connectivity index (χ4n) is 2.38. The molecule has 0 aromatic carbocycles. The molecule has 0 saturated carbocycles. The molecule has 5 nitrogen and oxygen atoms in total. The zero-order valence-electron chi connectivity index (χ0n) is 11.4. The van der Waals surface area contributed by atoms with E-state index in [-0.39, 0.29) is 0 Å². The monoisotopic (exact) mass is 252 g/mol. The van der Waals surface area contributed by atoms with Crippen LogP contribution in [0.3, 0.4) is 0 Å². The SMILES string of the molecule is CC(C)OCCN1CCC(n2ccc(N)n2)CC1. The lowest BCUT2D eigenvalue weighted by Gasteiger charge is -2.32. The van der Waals surface area contributed by atoms with Gasteiger partial charge in [0.05, 0.1) is 18.8 Å². The minimum Gasteiger partial charge on any atom is -0.382 e. The molecule has 1 fully saturated rings. The van der Waals surface area contributed by atoms with Gasteiger partial charge in [0.2, 0.25) is 0 Å². The van der Waals surface area contributed by atoms with E-state index in [4.69, 9.17) is 10.5 Å². The molecule has 0 unspecified atom stereocenters. The maximum atomic E-state index is 5.65. The molecule has 1 aliphatic heterocycles. The van der Waals surface area contributed by atoms with Crippen molar-refractivity contribution in [1.29, 1.82) is 0 Å². The standard InChI is InChI=1S/C13H24N4O/c1-11(2)18-10-9-16-6-3-12(4-7-16)17-8-5-13(14)15-17/h5,8,11-12H,3-4,6-7,9-10H2,1-2H3,(H2,14,15). The van der Waals surface area contributed by atoms with Crippen LogP contribution in [0.15, 0.2) is 12.3 Å². The first kappa shape index (κ1) is 13.4. The number of nitrogens with two attached hydrogens (primary N) is 1. The molecule has 0 aliphatic carbocycles. The highest BCUT2D eigenvalue weighted by molar-refractivity contribution is 5.24. The van der Waals surface area contributed by atoms with Crippen LogP contribution in [-0.2, 0) is 4.74 Å². The molecule has 1 aromatic heterocycles. The summed E-state index contributed by atoms with van der Waals surface area (Å²) in [5.41, 5.74) is 5.65. The Balaban J connectivity index is 1.71. The van der Waals surface area contributed by atoms with Crippen molar-refractivity contribution in [2.24, 2.45) is 0 Å². The van der Waals surface area contributed by atoms with Gasteiger partial charge in [0, 0.05) is 25.8 Å². The summed E-state index contributed by atoms with van der Waals surface area (Å²) in [5, 5.41) is 4.30. The first-order valence-corrected chi connectivity index (χ1v) is 6.79. The lowest BCUT2D eigenvalue weighted by molar-refractivity contribution is 0.0509. The first-order chi connectivity index (χ1) is 8.65. The smallest absolute Gasteiger partial charge is 0.145 e. The van der Waals surface area contributed by atoms with Crippen molar-refractivity contribution in [3.8, 4) is 0 Å². The normalized spacial score (nSPS) is 18.6. The van der Waals surface area contributed by atoms with Crippen LogP contribution in [-0.4, -0.2) is 47.0 Å². The molecule has 2 N–H and O–H groups in total. The molecule has 2 heterocycles. The second-order valence-electron chi connectivity index (χ2n) is 5.21. The van der Waals surface area contributed by atoms with Crippen LogP contribution in [0.5, 0.6) is 0 Å². The van der Waals surface area contributed by atoms with Crippen LogP contribution in [0.4, 0.5) is 5.82 Å². The number of anilines is 1. The number of nitrogen functional groups attached to an aromatic ring is 1. The Bertz CT molecular complexity index is 356. The highest BCUT2D eigenvalue weighted by Crippen LogP contribution is 2.21. The lowest BCUT2D eigenvalue weighted by Crippen LogP contribution is -2.37. The molecule has 1 aromatic rings. The van der Waals surface area contributed by atoms with Crippen molar-refractivity contribution in [3.63, 3.8) is 0 Å². The Kier molecular flexibility index (Phi) is 4.60. The lowest BCUT2D eigenvalue weighted by atomic mass is 10.1. The van der Waals surface area contributed by atoms with Gasteiger partial charge in [0.15, 0.2) is 0 Å². The summed E-state index contributed by atoms with van der Waals surface area (Å²) in [6, 6.07) is 2.37. The minimum atomic E-state index is 0.328. The molecule has 102 valence electrons. The van der Waals surface area contributed by atoms with Crippen LogP contribution in [0, 0.1) is 0 Å². The number of likely N-dealkylation sites (tertiary alicyclic amines) is 1. The van der Waals surface area contributed by atoms with E-state index in [9.17, 15) is 0 Å². The van der Waals surface area contributed by atoms with E-state index in [0.717, 1.165) is 39.1 Å². The Hall–Kier alpha value is -1.07. The Morgan fingerprint density at radius 1 is 1.44 bits per heavy atom. The molecule has 0 spiro atoms. The summed E-state index contributed by atoms with van der Waals surface area (Å²) in [5.74, 6) is 0.614. The molecule has 0 bridgehead atoms. The number of rotatable bonds is 5. The third-order valence-corrected chi connectivity index (χ3v) is 3.42. The Morgan fingerprint density at radius 2 is 2.17 bits per heavy atom. The van der Waals surface area contributed by atoms with Gasteiger partial charge < -0.3 is 15.4 Å². The fourth-order valence-corrected chi connectivity index (χ4v) is 2.38. The fraction of sp³-hybridized carbons (Fsp3) is 0.769. The Morgan fingerprint density at radius 3 is 2.72 bits per heavy atom. The van der Waals surface area contributed by atoms with E-state index in [1.807, 2.05) is 16.9 Å². The van der Waals surface area contributed by atoms with Crippen LogP contribution >= 0.6 is 0 Å². The average Bonchev–Trinajstić information content (AvgIpc) is 2.76. The first-order valence-electron chi connectivity index (χ1n) is 6.79. The van der Waals surface area contributed by atoms with E-state index < -0.39 is 0 Å². The number of hydrogen-bond acceptors (Lipinski definition) is 4. The second-order valence-corrected chi connectivity index (χ2v) is 5.21. The summed E-state index contributed by atoms with van der Waals surface area (Å²) in [6.45, 7) is 8.25. The summed E-state index contributed by atoms with van der Waals surface area (Å²) in [4.78, 5) is 2.46. The highest BCUT2D eigenvalue weighted by atomic mass is 16.5. The summed E-state index contributed by atoms with van der Waals surface area (Å²) in [7, 11) is 0. The number of ether oxygens (including phenoxy) is 1. The van der Waals surface area contributed by atoms with E-state index in [2.05, 4.69) is 23.8 Å². The van der Waals surface area contributed by atoms with Gasteiger partial charge in [-0.2, -0.15) is 5.10 Å². The number of nitrogens with zero attached hydrogens (tertiary/aromatic N) is 3. The zero-order valence-corrected chi connectivity index (χ0v) is 11.4. The molecule has 0 amide bonds. The van der Waals surface area contributed by atoms with Crippen molar-refractivity contribution < 1.29 is 4.74 Å². The quantitative estimate of drug-likeness (QED) is 0.863. The van der Waals surface area contributed by atoms with Gasteiger partial charge in [0.25, 0.3) is 0 Å². The summed E-state index contributed by atoms with van der Waals surface area (Å²) < 4.78 is 7.59. The van der Waals surface area contributed by atoms with Crippen molar-refractivity contribution in [3.05, 3.63) is 12.3 Å². The third kappa shape index (κ3) is 3.71. The van der Waals surface area contributed by atoms with Crippen LogP contribution in [0.25, 0.3) is 0 Å². The van der Waals surface area contributed by atoms with Gasteiger partial charge in [-0.1, -0.05) is 0 Å².